The summed E-state index contributed by atoms with van der Waals surface area (Å²) in [6.07, 6.45) is 0. The molecule has 0 fully saturated rings. The summed E-state index contributed by atoms with van der Waals surface area (Å²) >= 11 is 6.20. The number of hydrogen-bond acceptors (Lipinski definition) is 2. The first-order chi connectivity index (χ1) is 8.68. The van der Waals surface area contributed by atoms with E-state index in [1.165, 1.54) is 0 Å². The Bertz CT molecular complexity index is 652. The zero-order valence-corrected chi connectivity index (χ0v) is 10.3. The Balaban J connectivity index is 2.27. The van der Waals surface area contributed by atoms with Gasteiger partial charge in [-0.2, -0.15) is 0 Å². The van der Waals surface area contributed by atoms with E-state index in [9.17, 15) is 4.79 Å². The minimum Gasteiger partial charge on any atom is -0.398 e. The van der Waals surface area contributed by atoms with Crippen molar-refractivity contribution in [2.45, 2.75) is 6.54 Å². The number of carbonyl (C=O) groups excluding carboxylic acids is 1. The summed E-state index contributed by atoms with van der Waals surface area (Å²) in [4.78, 5) is 11.7. The van der Waals surface area contributed by atoms with Crippen molar-refractivity contribution in [1.29, 1.82) is 0 Å². The number of rotatable bonds is 1. The molecule has 0 atom stereocenters. The van der Waals surface area contributed by atoms with Crippen molar-refractivity contribution >= 4 is 23.2 Å². The van der Waals surface area contributed by atoms with Crippen LogP contribution >= 0.6 is 11.6 Å². The molecule has 1 aliphatic rings. The lowest BCUT2D eigenvalue weighted by molar-refractivity contribution is 0.0966. The molecule has 0 saturated heterocycles. The maximum Gasteiger partial charge on any atom is 0.254 e. The van der Waals surface area contributed by atoms with Crippen LogP contribution in [0.15, 0.2) is 36.4 Å². The number of anilines is 1. The van der Waals surface area contributed by atoms with Crippen molar-refractivity contribution in [2.75, 3.05) is 5.73 Å². The second-order valence-electron chi connectivity index (χ2n) is 4.22. The first kappa shape index (κ1) is 11.1. The number of benzene rings is 2. The number of halogens is 1. The lowest BCUT2D eigenvalue weighted by Crippen LogP contribution is -2.13. The maximum absolute atomic E-state index is 11.7. The molecule has 2 aromatic carbocycles. The Kier molecular flexibility index (Phi) is 2.49. The molecule has 0 aliphatic carbocycles. The monoisotopic (exact) mass is 258 g/mol. The van der Waals surface area contributed by atoms with E-state index in [2.05, 4.69) is 5.32 Å². The predicted octanol–water partition coefficient (Wildman–Crippen LogP) is 2.83. The van der Waals surface area contributed by atoms with Gasteiger partial charge in [0.2, 0.25) is 0 Å². The van der Waals surface area contributed by atoms with Gasteiger partial charge >= 0.3 is 0 Å². The van der Waals surface area contributed by atoms with Crippen LogP contribution in [0.5, 0.6) is 0 Å². The van der Waals surface area contributed by atoms with Crippen LogP contribution in [-0.2, 0) is 6.54 Å². The van der Waals surface area contributed by atoms with Crippen LogP contribution in [0.25, 0.3) is 11.1 Å². The second-order valence-corrected chi connectivity index (χ2v) is 4.63. The maximum atomic E-state index is 11.7. The standard InChI is InChI=1S/C14H11ClN2O/c15-11-4-2-1-3-9(11)8-5-6-12(16)13-10(8)7-17-14(13)18/h1-6H,7,16H2,(H,17,18). The topological polar surface area (TPSA) is 55.1 Å². The predicted molar refractivity (Wildman–Crippen MR) is 72.5 cm³/mol. The Morgan fingerprint density at radius 2 is 1.89 bits per heavy atom. The molecule has 0 bridgehead atoms. The van der Waals surface area contributed by atoms with Crippen LogP contribution in [0.2, 0.25) is 5.02 Å². The molecule has 3 nitrogen and oxygen atoms in total. The first-order valence-corrected chi connectivity index (χ1v) is 6.00. The van der Waals surface area contributed by atoms with Gasteiger partial charge in [-0.15, -0.1) is 0 Å². The highest BCUT2D eigenvalue weighted by Crippen LogP contribution is 2.35. The summed E-state index contributed by atoms with van der Waals surface area (Å²) in [6, 6.07) is 11.2. The molecule has 0 unspecified atom stereocenters. The van der Waals surface area contributed by atoms with Crippen molar-refractivity contribution in [3.05, 3.63) is 52.5 Å². The molecule has 4 heteroatoms. The van der Waals surface area contributed by atoms with E-state index in [1.807, 2.05) is 30.3 Å². The highest BCUT2D eigenvalue weighted by atomic mass is 35.5. The third-order valence-electron chi connectivity index (χ3n) is 3.16. The number of nitrogens with two attached hydrogens (primary N) is 1. The fourth-order valence-corrected chi connectivity index (χ4v) is 2.54. The highest BCUT2D eigenvalue weighted by Gasteiger charge is 2.25. The summed E-state index contributed by atoms with van der Waals surface area (Å²) in [7, 11) is 0. The largest absolute Gasteiger partial charge is 0.398 e. The Labute approximate surface area is 110 Å². The van der Waals surface area contributed by atoms with Crippen LogP contribution < -0.4 is 11.1 Å². The van der Waals surface area contributed by atoms with E-state index in [4.69, 9.17) is 17.3 Å². The van der Waals surface area contributed by atoms with E-state index in [1.54, 1.807) is 6.07 Å². The SMILES string of the molecule is Nc1ccc(-c2ccccc2Cl)c2c1C(=O)NC2. The smallest absolute Gasteiger partial charge is 0.254 e. The number of fused-ring (bicyclic) bond motifs is 1. The zero-order valence-electron chi connectivity index (χ0n) is 9.53. The molecular weight excluding hydrogens is 248 g/mol. The van der Waals surface area contributed by atoms with Crippen molar-refractivity contribution < 1.29 is 4.79 Å². The molecule has 0 saturated carbocycles. The van der Waals surface area contributed by atoms with Gasteiger partial charge in [0, 0.05) is 22.8 Å². The Hall–Kier alpha value is -2.00. The number of nitrogens with one attached hydrogen (secondary N) is 1. The molecule has 3 N–H and O–H groups in total. The molecule has 90 valence electrons. The lowest BCUT2D eigenvalue weighted by atomic mass is 9.96. The average Bonchev–Trinajstić information content (AvgIpc) is 2.75. The molecule has 1 heterocycles. The third kappa shape index (κ3) is 1.56. The van der Waals surface area contributed by atoms with Gasteiger partial charge in [-0.25, -0.2) is 0 Å². The van der Waals surface area contributed by atoms with Crippen LogP contribution in [0, 0.1) is 0 Å². The van der Waals surface area contributed by atoms with Gasteiger partial charge in [0.05, 0.1) is 5.56 Å². The van der Waals surface area contributed by atoms with Gasteiger partial charge in [0.25, 0.3) is 5.91 Å². The number of nitrogen functional groups attached to an aromatic ring is 1. The highest BCUT2D eigenvalue weighted by molar-refractivity contribution is 6.33. The molecule has 0 radical (unpaired) electrons. The van der Waals surface area contributed by atoms with Gasteiger partial charge in [-0.1, -0.05) is 35.9 Å². The van der Waals surface area contributed by atoms with Crippen molar-refractivity contribution in [3.8, 4) is 11.1 Å². The van der Waals surface area contributed by atoms with Gasteiger partial charge in [0.15, 0.2) is 0 Å². The quantitative estimate of drug-likeness (QED) is 0.773. The molecule has 1 amide bonds. The molecular formula is C14H11ClN2O. The summed E-state index contributed by atoms with van der Waals surface area (Å²) in [6.45, 7) is 0.500. The third-order valence-corrected chi connectivity index (χ3v) is 3.49. The second kappa shape index (κ2) is 4.03. The van der Waals surface area contributed by atoms with E-state index < -0.39 is 0 Å². The molecule has 18 heavy (non-hydrogen) atoms. The normalized spacial score (nSPS) is 13.3. The molecule has 2 aromatic rings. The van der Waals surface area contributed by atoms with E-state index in [-0.39, 0.29) is 5.91 Å². The minimum atomic E-state index is -0.114. The van der Waals surface area contributed by atoms with E-state index in [0.29, 0.717) is 22.8 Å². The van der Waals surface area contributed by atoms with Gasteiger partial charge < -0.3 is 11.1 Å². The Morgan fingerprint density at radius 1 is 1.11 bits per heavy atom. The van der Waals surface area contributed by atoms with Crippen LogP contribution in [0.4, 0.5) is 5.69 Å². The van der Waals surface area contributed by atoms with Crippen LogP contribution in [-0.4, -0.2) is 5.91 Å². The minimum absolute atomic E-state index is 0.114. The van der Waals surface area contributed by atoms with E-state index in [0.717, 1.165) is 16.7 Å². The molecule has 0 spiro atoms. The van der Waals surface area contributed by atoms with Gasteiger partial charge in [0.1, 0.15) is 0 Å². The number of carbonyl (C=O) groups is 1. The Morgan fingerprint density at radius 3 is 2.67 bits per heavy atom. The summed E-state index contributed by atoms with van der Waals surface area (Å²) in [5.74, 6) is -0.114. The zero-order chi connectivity index (χ0) is 12.7. The van der Waals surface area contributed by atoms with Gasteiger partial charge in [-0.3, -0.25) is 4.79 Å². The van der Waals surface area contributed by atoms with Crippen LogP contribution in [0.3, 0.4) is 0 Å². The van der Waals surface area contributed by atoms with Crippen molar-refractivity contribution in [1.82, 2.24) is 5.32 Å². The fourth-order valence-electron chi connectivity index (χ4n) is 2.31. The number of amides is 1. The fraction of sp³-hybridized carbons (Fsp3) is 0.0714. The first-order valence-electron chi connectivity index (χ1n) is 5.63. The average molecular weight is 259 g/mol. The van der Waals surface area contributed by atoms with Crippen molar-refractivity contribution in [2.24, 2.45) is 0 Å². The molecule has 0 aromatic heterocycles. The van der Waals surface area contributed by atoms with Crippen molar-refractivity contribution in [3.63, 3.8) is 0 Å². The summed E-state index contributed by atoms with van der Waals surface area (Å²) in [5.41, 5.74) is 9.75. The summed E-state index contributed by atoms with van der Waals surface area (Å²) < 4.78 is 0. The van der Waals surface area contributed by atoms with Crippen LogP contribution in [0.1, 0.15) is 15.9 Å². The van der Waals surface area contributed by atoms with E-state index >= 15 is 0 Å². The molecule has 1 aliphatic heterocycles. The molecule has 3 rings (SSSR count). The number of hydrogen-bond donors (Lipinski definition) is 2. The summed E-state index contributed by atoms with van der Waals surface area (Å²) in [5, 5.41) is 3.46. The lowest BCUT2D eigenvalue weighted by Gasteiger charge is -2.10. The van der Waals surface area contributed by atoms with Gasteiger partial charge in [-0.05, 0) is 23.3 Å².